The van der Waals surface area contributed by atoms with Gasteiger partial charge in [0.25, 0.3) is 0 Å². The maximum atomic E-state index is 12.7. The molecule has 8 heteroatoms. The van der Waals surface area contributed by atoms with Crippen molar-refractivity contribution in [3.63, 3.8) is 0 Å². The van der Waals surface area contributed by atoms with Crippen LogP contribution in [0.2, 0.25) is 0 Å². The third-order valence-corrected chi connectivity index (χ3v) is 6.94. The molecule has 1 heterocycles. The number of ether oxygens (including phenoxy) is 1. The van der Waals surface area contributed by atoms with Gasteiger partial charge in [0.05, 0.1) is 18.1 Å². The summed E-state index contributed by atoms with van der Waals surface area (Å²) in [7, 11) is -3.60. The van der Waals surface area contributed by atoms with E-state index >= 15 is 0 Å². The van der Waals surface area contributed by atoms with Crippen LogP contribution in [0, 0.1) is 6.92 Å². The predicted molar refractivity (Wildman–Crippen MR) is 123 cm³/mol. The van der Waals surface area contributed by atoms with Gasteiger partial charge in [-0.15, -0.1) is 0 Å². The number of nitrogens with zero attached hydrogens (tertiary/aromatic N) is 1. The Morgan fingerprint density at radius 2 is 1.81 bits per heavy atom. The Balaban J connectivity index is 1.50. The number of hydrogen-bond acceptors (Lipinski definition) is 5. The Kier molecular flexibility index (Phi) is 8.06. The second kappa shape index (κ2) is 10.7. The monoisotopic (exact) mass is 445 g/mol. The Bertz CT molecular complexity index is 984. The fraction of sp³-hybridized carbons (Fsp3) is 0.435. The van der Waals surface area contributed by atoms with E-state index in [4.69, 9.17) is 4.74 Å². The number of hydrogen-bond donors (Lipinski definition) is 2. The van der Waals surface area contributed by atoms with Crippen molar-refractivity contribution in [3.05, 3.63) is 53.6 Å². The molecule has 0 atom stereocenters. The highest BCUT2D eigenvalue weighted by atomic mass is 32.2. The molecule has 0 aromatic heterocycles. The van der Waals surface area contributed by atoms with Crippen LogP contribution in [-0.2, 0) is 26.0 Å². The van der Waals surface area contributed by atoms with E-state index in [1.165, 1.54) is 17.3 Å². The zero-order chi connectivity index (χ0) is 22.3. The molecular weight excluding hydrogens is 414 g/mol. The summed E-state index contributed by atoms with van der Waals surface area (Å²) in [6.07, 6.45) is 1.88. The van der Waals surface area contributed by atoms with Crippen LogP contribution in [-0.4, -0.2) is 47.2 Å². The summed E-state index contributed by atoms with van der Waals surface area (Å²) in [6, 6.07) is 13.3. The number of carbonyl (C=O) groups excluding carboxylic acids is 1. The van der Waals surface area contributed by atoms with E-state index in [1.54, 1.807) is 26.0 Å². The molecule has 1 aliphatic rings. The molecule has 1 aliphatic heterocycles. The first-order valence-corrected chi connectivity index (χ1v) is 12.2. The molecule has 1 saturated heterocycles. The summed E-state index contributed by atoms with van der Waals surface area (Å²) < 4.78 is 33.4. The first kappa shape index (κ1) is 23.2. The summed E-state index contributed by atoms with van der Waals surface area (Å²) in [6.45, 7) is 7.20. The quantitative estimate of drug-likeness (QED) is 0.579. The van der Waals surface area contributed by atoms with Gasteiger partial charge in [-0.3, -0.25) is 4.79 Å². The third kappa shape index (κ3) is 6.53. The van der Waals surface area contributed by atoms with Crippen molar-refractivity contribution in [1.82, 2.24) is 4.72 Å². The lowest BCUT2D eigenvalue weighted by molar-refractivity contribution is -0.115. The lowest BCUT2D eigenvalue weighted by Crippen LogP contribution is -2.36. The molecule has 2 N–H and O–H groups in total. The molecule has 0 saturated carbocycles. The molecule has 0 spiro atoms. The second-order valence-corrected chi connectivity index (χ2v) is 9.38. The Hall–Kier alpha value is -2.42. The van der Waals surface area contributed by atoms with Gasteiger partial charge in [-0.05, 0) is 61.2 Å². The number of sulfonamides is 1. The first-order valence-electron chi connectivity index (χ1n) is 10.7. The maximum absolute atomic E-state index is 12.7. The van der Waals surface area contributed by atoms with Gasteiger partial charge < -0.3 is 15.0 Å². The number of rotatable bonds is 9. The van der Waals surface area contributed by atoms with Gasteiger partial charge in [0, 0.05) is 37.4 Å². The summed E-state index contributed by atoms with van der Waals surface area (Å²) >= 11 is 0. The van der Waals surface area contributed by atoms with Gasteiger partial charge in [0.1, 0.15) is 0 Å². The standard InChI is InChI=1S/C23H31N3O4S/c1-3-23(27)25-20-8-11-22(18(2)17-20)31(28,29)24-12-4-5-19-6-9-21(10-7-19)26-13-15-30-16-14-26/h6-11,17,24H,3-5,12-16H2,1-2H3,(H,25,27). The maximum Gasteiger partial charge on any atom is 0.240 e. The fourth-order valence-corrected chi connectivity index (χ4v) is 4.85. The number of carbonyl (C=O) groups is 1. The molecule has 7 nitrogen and oxygen atoms in total. The SMILES string of the molecule is CCC(=O)Nc1ccc(S(=O)(=O)NCCCc2ccc(N3CCOCC3)cc2)c(C)c1. The Morgan fingerprint density at radius 1 is 1.10 bits per heavy atom. The van der Waals surface area contributed by atoms with Crippen LogP contribution in [0.3, 0.4) is 0 Å². The molecule has 31 heavy (non-hydrogen) atoms. The van der Waals surface area contributed by atoms with Gasteiger partial charge in [-0.2, -0.15) is 0 Å². The van der Waals surface area contributed by atoms with E-state index in [2.05, 4.69) is 39.2 Å². The van der Waals surface area contributed by atoms with E-state index in [9.17, 15) is 13.2 Å². The van der Waals surface area contributed by atoms with Gasteiger partial charge >= 0.3 is 0 Å². The fourth-order valence-electron chi connectivity index (χ4n) is 3.55. The van der Waals surface area contributed by atoms with Crippen LogP contribution in [0.15, 0.2) is 47.4 Å². The highest BCUT2D eigenvalue weighted by molar-refractivity contribution is 7.89. The number of benzene rings is 2. The molecule has 2 aromatic carbocycles. The van der Waals surface area contributed by atoms with Crippen LogP contribution in [0.1, 0.15) is 30.9 Å². The van der Waals surface area contributed by atoms with Gasteiger partial charge in [0.15, 0.2) is 0 Å². The minimum atomic E-state index is -3.60. The van der Waals surface area contributed by atoms with Gasteiger partial charge in [0.2, 0.25) is 15.9 Å². The molecule has 1 fully saturated rings. The largest absolute Gasteiger partial charge is 0.378 e. The number of nitrogens with one attached hydrogen (secondary N) is 2. The Labute approximate surface area is 184 Å². The highest BCUT2D eigenvalue weighted by Gasteiger charge is 2.17. The molecule has 168 valence electrons. The summed E-state index contributed by atoms with van der Waals surface area (Å²) in [5.74, 6) is -0.105. The first-order chi connectivity index (χ1) is 14.9. The highest BCUT2D eigenvalue weighted by Crippen LogP contribution is 2.20. The van der Waals surface area contributed by atoms with Crippen molar-refractivity contribution in [1.29, 1.82) is 0 Å². The van der Waals surface area contributed by atoms with Crippen molar-refractivity contribution in [3.8, 4) is 0 Å². The van der Waals surface area contributed by atoms with Crippen molar-refractivity contribution < 1.29 is 17.9 Å². The molecule has 0 radical (unpaired) electrons. The van der Waals surface area contributed by atoms with Crippen LogP contribution in [0.5, 0.6) is 0 Å². The molecule has 1 amide bonds. The second-order valence-electron chi connectivity index (χ2n) is 7.65. The molecule has 0 unspecified atom stereocenters. The van der Waals surface area contributed by atoms with E-state index in [0.717, 1.165) is 32.7 Å². The summed E-state index contributed by atoms with van der Waals surface area (Å²) in [5.41, 5.74) is 3.58. The molecule has 0 bridgehead atoms. The van der Waals surface area contributed by atoms with E-state index in [1.807, 2.05) is 0 Å². The van der Waals surface area contributed by atoms with Crippen molar-refractivity contribution in [2.24, 2.45) is 0 Å². The van der Waals surface area contributed by atoms with E-state index in [0.29, 0.717) is 30.6 Å². The third-order valence-electron chi connectivity index (χ3n) is 5.32. The van der Waals surface area contributed by atoms with Crippen LogP contribution >= 0.6 is 0 Å². The number of morpholine rings is 1. The summed E-state index contributed by atoms with van der Waals surface area (Å²) in [4.78, 5) is 14.1. The van der Waals surface area contributed by atoms with Gasteiger partial charge in [-0.1, -0.05) is 19.1 Å². The topological polar surface area (TPSA) is 87.7 Å². The van der Waals surface area contributed by atoms with Crippen molar-refractivity contribution >= 4 is 27.3 Å². The minimum absolute atomic E-state index is 0.105. The Morgan fingerprint density at radius 3 is 2.45 bits per heavy atom. The lowest BCUT2D eigenvalue weighted by atomic mass is 10.1. The smallest absolute Gasteiger partial charge is 0.240 e. The number of aryl methyl sites for hydroxylation is 2. The predicted octanol–water partition coefficient (Wildman–Crippen LogP) is 3.09. The van der Waals surface area contributed by atoms with Crippen molar-refractivity contribution in [2.45, 2.75) is 38.0 Å². The van der Waals surface area contributed by atoms with Crippen molar-refractivity contribution in [2.75, 3.05) is 43.1 Å². The van der Waals surface area contributed by atoms with E-state index < -0.39 is 10.0 Å². The molecule has 3 rings (SSSR count). The number of anilines is 2. The average Bonchev–Trinajstić information content (AvgIpc) is 2.77. The average molecular weight is 446 g/mol. The van der Waals surface area contributed by atoms with Crippen LogP contribution < -0.4 is 14.9 Å². The summed E-state index contributed by atoms with van der Waals surface area (Å²) in [5, 5.41) is 2.74. The van der Waals surface area contributed by atoms with Crippen LogP contribution in [0.25, 0.3) is 0 Å². The van der Waals surface area contributed by atoms with Gasteiger partial charge in [-0.25, -0.2) is 13.1 Å². The molecule has 2 aromatic rings. The zero-order valence-electron chi connectivity index (χ0n) is 18.2. The van der Waals surface area contributed by atoms with E-state index in [-0.39, 0.29) is 10.8 Å². The number of amides is 1. The normalized spacial score (nSPS) is 14.5. The molecular formula is C23H31N3O4S. The minimum Gasteiger partial charge on any atom is -0.378 e. The zero-order valence-corrected chi connectivity index (χ0v) is 19.0. The van der Waals surface area contributed by atoms with Crippen LogP contribution in [0.4, 0.5) is 11.4 Å². The lowest BCUT2D eigenvalue weighted by Gasteiger charge is -2.28. The molecule has 0 aliphatic carbocycles.